The maximum absolute atomic E-state index is 11.6. The van der Waals surface area contributed by atoms with Gasteiger partial charge in [0.25, 0.3) is 0 Å². The summed E-state index contributed by atoms with van der Waals surface area (Å²) in [4.78, 5) is 22.3. The van der Waals surface area contributed by atoms with E-state index in [9.17, 15) is 9.59 Å². The third-order valence-electron chi connectivity index (χ3n) is 2.69. The van der Waals surface area contributed by atoms with E-state index in [1.54, 1.807) is 0 Å². The third-order valence-corrected chi connectivity index (χ3v) is 2.69. The van der Waals surface area contributed by atoms with Crippen LogP contribution in [0.1, 0.15) is 12.8 Å². The fraction of sp³-hybridized carbons (Fsp3) is 0.800. The van der Waals surface area contributed by atoms with Crippen LogP contribution in [0.5, 0.6) is 0 Å². The van der Waals surface area contributed by atoms with Crippen LogP contribution in [0.2, 0.25) is 0 Å². The zero-order chi connectivity index (χ0) is 12.0. The number of carbonyl (C=O) groups excluding carboxylic acids is 1. The number of carboxylic acid groups (broad SMARTS) is 1. The lowest BCUT2D eigenvalue weighted by Crippen LogP contribution is -2.44. The molecule has 6 nitrogen and oxygen atoms in total. The Morgan fingerprint density at radius 1 is 1.62 bits per heavy atom. The number of rotatable bonds is 5. The Morgan fingerprint density at radius 3 is 2.88 bits per heavy atom. The van der Waals surface area contributed by atoms with Gasteiger partial charge in [-0.2, -0.15) is 0 Å². The normalized spacial score (nSPS) is 22.4. The molecule has 0 bridgehead atoms. The number of carbonyl (C=O) groups is 2. The molecule has 0 aromatic carbocycles. The first kappa shape index (κ1) is 12.9. The lowest BCUT2D eigenvalue weighted by molar-refractivity contribution is -0.148. The van der Waals surface area contributed by atoms with Gasteiger partial charge in [0.05, 0.1) is 12.5 Å². The van der Waals surface area contributed by atoms with E-state index < -0.39 is 12.1 Å². The predicted molar refractivity (Wildman–Crippen MR) is 57.0 cm³/mol. The summed E-state index contributed by atoms with van der Waals surface area (Å²) < 4.78 is 4.72. The molecule has 1 aliphatic rings. The Hall–Kier alpha value is -1.14. The average Bonchev–Trinajstić information content (AvgIpc) is 2.30. The summed E-state index contributed by atoms with van der Waals surface area (Å²) in [6.07, 6.45) is 0.856. The molecule has 1 saturated heterocycles. The highest BCUT2D eigenvalue weighted by Gasteiger charge is 2.23. The summed E-state index contributed by atoms with van der Waals surface area (Å²) in [6.45, 7) is 1.62. The van der Waals surface area contributed by atoms with Gasteiger partial charge in [-0.1, -0.05) is 0 Å². The predicted octanol–water partition coefficient (Wildman–Crippen LogP) is -0.798. The molecule has 2 atom stereocenters. The molecule has 3 N–H and O–H groups in total. The number of piperidine rings is 1. The van der Waals surface area contributed by atoms with Gasteiger partial charge in [0.1, 0.15) is 0 Å². The van der Waals surface area contributed by atoms with Crippen LogP contribution in [0, 0.1) is 5.92 Å². The minimum Gasteiger partial charge on any atom is -0.479 e. The Bertz CT molecular complexity index is 251. The van der Waals surface area contributed by atoms with E-state index in [0.29, 0.717) is 6.54 Å². The molecule has 6 heteroatoms. The summed E-state index contributed by atoms with van der Waals surface area (Å²) in [6, 6.07) is 0. The molecule has 0 aromatic rings. The molecule has 0 aliphatic carbocycles. The highest BCUT2D eigenvalue weighted by Crippen LogP contribution is 2.09. The van der Waals surface area contributed by atoms with Crippen molar-refractivity contribution in [2.45, 2.75) is 18.9 Å². The Morgan fingerprint density at radius 2 is 2.38 bits per heavy atom. The fourth-order valence-electron chi connectivity index (χ4n) is 1.68. The summed E-state index contributed by atoms with van der Waals surface area (Å²) in [5, 5.41) is 14.4. The van der Waals surface area contributed by atoms with E-state index in [4.69, 9.17) is 9.84 Å². The number of nitrogens with one attached hydrogen (secondary N) is 2. The first-order valence-corrected chi connectivity index (χ1v) is 5.39. The van der Waals surface area contributed by atoms with Crippen molar-refractivity contribution in [1.82, 2.24) is 10.6 Å². The fourth-order valence-corrected chi connectivity index (χ4v) is 1.68. The standard InChI is InChI=1S/C10H18N2O4/c1-16-8(10(14)15)6-12-9(13)7-3-2-4-11-5-7/h7-8,11H,2-6H2,1H3,(H,12,13)(H,14,15). The van der Waals surface area contributed by atoms with Gasteiger partial charge in [0.15, 0.2) is 6.10 Å². The van der Waals surface area contributed by atoms with Crippen LogP contribution in [-0.4, -0.2) is 49.8 Å². The summed E-state index contributed by atoms with van der Waals surface area (Å²) in [5.74, 6) is -1.22. The Kier molecular flexibility index (Phi) is 5.21. The molecule has 92 valence electrons. The second-order valence-electron chi connectivity index (χ2n) is 3.85. The highest BCUT2D eigenvalue weighted by atomic mass is 16.5. The van der Waals surface area contributed by atoms with Gasteiger partial charge in [0.2, 0.25) is 5.91 Å². The van der Waals surface area contributed by atoms with Crippen molar-refractivity contribution in [1.29, 1.82) is 0 Å². The van der Waals surface area contributed by atoms with E-state index in [2.05, 4.69) is 10.6 Å². The van der Waals surface area contributed by atoms with Crippen LogP contribution in [0.15, 0.2) is 0 Å². The minimum atomic E-state index is -1.07. The Labute approximate surface area is 94.3 Å². The lowest BCUT2D eigenvalue weighted by atomic mass is 9.99. The molecule has 0 spiro atoms. The van der Waals surface area contributed by atoms with Gasteiger partial charge in [-0.15, -0.1) is 0 Å². The Balaban J connectivity index is 2.30. The van der Waals surface area contributed by atoms with E-state index in [0.717, 1.165) is 19.4 Å². The van der Waals surface area contributed by atoms with Crippen molar-refractivity contribution in [3.63, 3.8) is 0 Å². The molecule has 16 heavy (non-hydrogen) atoms. The number of hydrogen-bond donors (Lipinski definition) is 3. The van der Waals surface area contributed by atoms with Crippen molar-refractivity contribution in [3.05, 3.63) is 0 Å². The van der Waals surface area contributed by atoms with Crippen LogP contribution < -0.4 is 10.6 Å². The van der Waals surface area contributed by atoms with Crippen molar-refractivity contribution in [3.8, 4) is 0 Å². The second kappa shape index (κ2) is 6.44. The topological polar surface area (TPSA) is 87.7 Å². The summed E-state index contributed by atoms with van der Waals surface area (Å²) in [5.41, 5.74) is 0. The molecule has 1 amide bonds. The molecule has 2 unspecified atom stereocenters. The maximum Gasteiger partial charge on any atom is 0.334 e. The van der Waals surface area contributed by atoms with Crippen LogP contribution in [0.3, 0.4) is 0 Å². The summed E-state index contributed by atoms with van der Waals surface area (Å²) >= 11 is 0. The molecule has 0 aromatic heterocycles. The molecular weight excluding hydrogens is 212 g/mol. The van der Waals surface area contributed by atoms with Crippen LogP contribution in [-0.2, 0) is 14.3 Å². The van der Waals surface area contributed by atoms with Crippen LogP contribution in [0.4, 0.5) is 0 Å². The SMILES string of the molecule is COC(CNC(=O)C1CCCNC1)C(=O)O. The monoisotopic (exact) mass is 230 g/mol. The molecule has 0 saturated carbocycles. The van der Waals surface area contributed by atoms with Crippen LogP contribution in [0.25, 0.3) is 0 Å². The molecular formula is C10H18N2O4. The number of methoxy groups -OCH3 is 1. The number of hydrogen-bond acceptors (Lipinski definition) is 4. The van der Waals surface area contributed by atoms with Crippen molar-refractivity contribution in [2.24, 2.45) is 5.92 Å². The van der Waals surface area contributed by atoms with Gasteiger partial charge in [-0.05, 0) is 19.4 Å². The average molecular weight is 230 g/mol. The minimum absolute atomic E-state index is 0.0150. The molecule has 1 fully saturated rings. The molecule has 1 heterocycles. The van der Waals surface area contributed by atoms with Crippen LogP contribution >= 0.6 is 0 Å². The third kappa shape index (κ3) is 3.79. The van der Waals surface area contributed by atoms with E-state index in [1.807, 2.05) is 0 Å². The maximum atomic E-state index is 11.6. The number of amides is 1. The summed E-state index contributed by atoms with van der Waals surface area (Å²) in [7, 11) is 1.31. The number of ether oxygens (including phenoxy) is 1. The van der Waals surface area contributed by atoms with Gasteiger partial charge < -0.3 is 20.5 Å². The number of aliphatic carboxylic acids is 1. The van der Waals surface area contributed by atoms with E-state index >= 15 is 0 Å². The van der Waals surface area contributed by atoms with Gasteiger partial charge in [-0.25, -0.2) is 4.79 Å². The van der Waals surface area contributed by atoms with Gasteiger partial charge in [-0.3, -0.25) is 4.79 Å². The number of carboxylic acids is 1. The molecule has 1 rings (SSSR count). The highest BCUT2D eigenvalue weighted by molar-refractivity contribution is 5.80. The van der Waals surface area contributed by atoms with Gasteiger partial charge >= 0.3 is 5.97 Å². The van der Waals surface area contributed by atoms with Crippen molar-refractivity contribution in [2.75, 3.05) is 26.7 Å². The first-order chi connectivity index (χ1) is 7.65. The largest absolute Gasteiger partial charge is 0.479 e. The first-order valence-electron chi connectivity index (χ1n) is 5.39. The second-order valence-corrected chi connectivity index (χ2v) is 3.85. The van der Waals surface area contributed by atoms with Crippen molar-refractivity contribution >= 4 is 11.9 Å². The van der Waals surface area contributed by atoms with E-state index in [-0.39, 0.29) is 18.4 Å². The van der Waals surface area contributed by atoms with Gasteiger partial charge in [0, 0.05) is 13.7 Å². The quantitative estimate of drug-likeness (QED) is 0.575. The lowest BCUT2D eigenvalue weighted by Gasteiger charge is -2.22. The molecule has 1 aliphatic heterocycles. The zero-order valence-corrected chi connectivity index (χ0v) is 9.36. The zero-order valence-electron chi connectivity index (χ0n) is 9.36. The van der Waals surface area contributed by atoms with Crippen molar-refractivity contribution < 1.29 is 19.4 Å². The van der Waals surface area contributed by atoms with E-state index in [1.165, 1.54) is 7.11 Å². The smallest absolute Gasteiger partial charge is 0.334 e. The molecule has 0 radical (unpaired) electrons.